The molecular formula is C14H19NO10. The van der Waals surface area contributed by atoms with Crippen molar-refractivity contribution in [3.05, 3.63) is 0 Å². The van der Waals surface area contributed by atoms with Gasteiger partial charge < -0.3 is 28.9 Å². The molecule has 0 aromatic carbocycles. The van der Waals surface area contributed by atoms with Crippen molar-refractivity contribution in [3.8, 4) is 0 Å². The predicted octanol–water partition coefficient (Wildman–Crippen LogP) is -0.469. The molecule has 1 fully saturated rings. The lowest BCUT2D eigenvalue weighted by atomic mass is 9.98. The van der Waals surface area contributed by atoms with Crippen LogP contribution >= 0.6 is 0 Å². The number of oxime groups is 1. The summed E-state index contributed by atoms with van der Waals surface area (Å²) in [4.78, 5) is 45.1. The van der Waals surface area contributed by atoms with Crippen LogP contribution in [0.15, 0.2) is 5.16 Å². The van der Waals surface area contributed by atoms with Crippen molar-refractivity contribution >= 4 is 29.8 Å². The molecule has 140 valence electrons. The summed E-state index contributed by atoms with van der Waals surface area (Å²) in [5.41, 5.74) is 0. The van der Waals surface area contributed by atoms with E-state index in [0.717, 1.165) is 27.7 Å². The summed E-state index contributed by atoms with van der Waals surface area (Å²) in [5, 5.41) is 12.0. The molecule has 1 saturated heterocycles. The standard InChI is InChI=1S/C14H19NO10/c1-6(16)21-5-10-11(22-7(2)17)12(23-8(3)18)13(24-9(4)19)14(15-20)25-10/h10-13,20H,5H2,1-4H3/b15-14-. The highest BCUT2D eigenvalue weighted by molar-refractivity contribution is 5.85. The van der Waals surface area contributed by atoms with Gasteiger partial charge in [-0.3, -0.25) is 19.2 Å². The van der Waals surface area contributed by atoms with E-state index in [0.29, 0.717) is 0 Å². The van der Waals surface area contributed by atoms with Gasteiger partial charge in [0.2, 0.25) is 6.10 Å². The molecule has 25 heavy (non-hydrogen) atoms. The maximum Gasteiger partial charge on any atom is 0.303 e. The third-order valence-electron chi connectivity index (χ3n) is 2.95. The lowest BCUT2D eigenvalue weighted by Crippen LogP contribution is -2.60. The third-order valence-corrected chi connectivity index (χ3v) is 2.95. The Morgan fingerprint density at radius 1 is 0.920 bits per heavy atom. The average molecular weight is 361 g/mol. The number of hydrogen-bond donors (Lipinski definition) is 1. The molecule has 0 aromatic rings. The minimum Gasteiger partial charge on any atom is -0.465 e. The minimum atomic E-state index is -1.45. The summed E-state index contributed by atoms with van der Waals surface area (Å²) < 4.78 is 25.3. The van der Waals surface area contributed by atoms with Crippen molar-refractivity contribution in [1.29, 1.82) is 0 Å². The summed E-state index contributed by atoms with van der Waals surface area (Å²) in [6.07, 6.45) is -5.26. The van der Waals surface area contributed by atoms with Crippen LogP contribution in [0.4, 0.5) is 0 Å². The molecule has 1 heterocycles. The van der Waals surface area contributed by atoms with Crippen molar-refractivity contribution in [2.24, 2.45) is 5.16 Å². The van der Waals surface area contributed by atoms with E-state index in [9.17, 15) is 19.2 Å². The number of carbonyl (C=O) groups excluding carboxylic acids is 4. The maximum atomic E-state index is 11.4. The predicted molar refractivity (Wildman–Crippen MR) is 77.4 cm³/mol. The fourth-order valence-corrected chi connectivity index (χ4v) is 2.17. The summed E-state index contributed by atoms with van der Waals surface area (Å²) in [7, 11) is 0. The molecule has 11 heteroatoms. The van der Waals surface area contributed by atoms with E-state index in [2.05, 4.69) is 5.16 Å². The Kier molecular flexibility index (Phi) is 7.15. The second kappa shape index (κ2) is 8.85. The molecule has 4 atom stereocenters. The maximum absolute atomic E-state index is 11.4. The highest BCUT2D eigenvalue weighted by Gasteiger charge is 2.51. The normalized spacial score (nSPS) is 27.0. The summed E-state index contributed by atoms with van der Waals surface area (Å²) in [6.45, 7) is 4.02. The first-order valence-electron chi connectivity index (χ1n) is 7.19. The van der Waals surface area contributed by atoms with Crippen LogP contribution in [0.1, 0.15) is 27.7 Å². The van der Waals surface area contributed by atoms with Crippen molar-refractivity contribution < 1.29 is 48.1 Å². The van der Waals surface area contributed by atoms with Crippen molar-refractivity contribution in [3.63, 3.8) is 0 Å². The van der Waals surface area contributed by atoms with Gasteiger partial charge in [-0.15, -0.1) is 0 Å². The number of esters is 4. The van der Waals surface area contributed by atoms with Crippen molar-refractivity contribution in [2.45, 2.75) is 52.1 Å². The van der Waals surface area contributed by atoms with Gasteiger partial charge >= 0.3 is 23.9 Å². The fraction of sp³-hybridized carbons (Fsp3) is 0.643. The molecule has 0 amide bonds. The minimum absolute atomic E-state index is 0.392. The Labute approximate surface area is 142 Å². The van der Waals surface area contributed by atoms with Crippen LogP contribution in [0.2, 0.25) is 0 Å². The van der Waals surface area contributed by atoms with Crippen LogP contribution in [-0.2, 0) is 42.9 Å². The largest absolute Gasteiger partial charge is 0.465 e. The molecule has 11 nitrogen and oxygen atoms in total. The van der Waals surface area contributed by atoms with Crippen molar-refractivity contribution in [1.82, 2.24) is 0 Å². The van der Waals surface area contributed by atoms with Gasteiger partial charge in [-0.1, -0.05) is 5.16 Å². The second-order valence-corrected chi connectivity index (χ2v) is 5.08. The topological polar surface area (TPSA) is 147 Å². The smallest absolute Gasteiger partial charge is 0.303 e. The van der Waals surface area contributed by atoms with Crippen molar-refractivity contribution in [2.75, 3.05) is 6.61 Å². The Morgan fingerprint density at radius 3 is 1.88 bits per heavy atom. The Hall–Kier alpha value is -2.85. The van der Waals surface area contributed by atoms with E-state index in [4.69, 9.17) is 28.9 Å². The molecule has 1 rings (SSSR count). The molecule has 0 radical (unpaired) electrons. The molecule has 1 aliphatic heterocycles. The number of nitrogens with zero attached hydrogens (tertiary/aromatic N) is 1. The van der Waals surface area contributed by atoms with Gasteiger partial charge in [-0.05, 0) is 0 Å². The SMILES string of the molecule is CC(=O)OCC1O/C(=N\O)C(OC(C)=O)C(OC(C)=O)C1OC(C)=O. The molecular weight excluding hydrogens is 342 g/mol. The zero-order valence-corrected chi connectivity index (χ0v) is 14.1. The lowest BCUT2D eigenvalue weighted by molar-refractivity contribution is -0.200. The fourth-order valence-electron chi connectivity index (χ4n) is 2.17. The van der Waals surface area contributed by atoms with E-state index < -0.39 is 60.8 Å². The van der Waals surface area contributed by atoms with Gasteiger partial charge in [-0.25, -0.2) is 0 Å². The van der Waals surface area contributed by atoms with Gasteiger partial charge in [-0.2, -0.15) is 0 Å². The molecule has 1 aliphatic rings. The van der Waals surface area contributed by atoms with Gasteiger partial charge in [0.25, 0.3) is 5.90 Å². The van der Waals surface area contributed by atoms with E-state index >= 15 is 0 Å². The van der Waals surface area contributed by atoms with E-state index in [1.165, 1.54) is 0 Å². The highest BCUT2D eigenvalue weighted by atomic mass is 16.7. The Morgan fingerprint density at radius 2 is 1.44 bits per heavy atom. The van der Waals surface area contributed by atoms with Crippen LogP contribution in [0.5, 0.6) is 0 Å². The number of rotatable bonds is 5. The first-order chi connectivity index (χ1) is 11.6. The van der Waals surface area contributed by atoms with Gasteiger partial charge in [0.15, 0.2) is 18.3 Å². The second-order valence-electron chi connectivity index (χ2n) is 5.08. The van der Waals surface area contributed by atoms with E-state index in [-0.39, 0.29) is 0 Å². The zero-order chi connectivity index (χ0) is 19.1. The molecule has 0 aromatic heterocycles. The number of hydrogen-bond acceptors (Lipinski definition) is 11. The molecule has 0 bridgehead atoms. The van der Waals surface area contributed by atoms with Gasteiger partial charge in [0.05, 0.1) is 0 Å². The number of ether oxygens (including phenoxy) is 5. The highest BCUT2D eigenvalue weighted by Crippen LogP contribution is 2.26. The quantitative estimate of drug-likeness (QED) is 0.295. The Bertz CT molecular complexity index is 572. The molecule has 0 spiro atoms. The van der Waals surface area contributed by atoms with Crippen LogP contribution in [0.3, 0.4) is 0 Å². The third kappa shape index (κ3) is 5.94. The van der Waals surface area contributed by atoms with Crippen LogP contribution in [0.25, 0.3) is 0 Å². The van der Waals surface area contributed by atoms with Gasteiger partial charge in [0, 0.05) is 27.7 Å². The lowest BCUT2D eigenvalue weighted by Gasteiger charge is -2.40. The first-order valence-corrected chi connectivity index (χ1v) is 7.19. The van der Waals surface area contributed by atoms with Crippen LogP contribution in [-0.4, -0.2) is 66.0 Å². The molecule has 4 unspecified atom stereocenters. The molecule has 0 saturated carbocycles. The molecule has 0 aliphatic carbocycles. The van der Waals surface area contributed by atoms with Gasteiger partial charge in [0.1, 0.15) is 6.61 Å². The van der Waals surface area contributed by atoms with Crippen LogP contribution < -0.4 is 0 Å². The summed E-state index contributed by atoms with van der Waals surface area (Å²) >= 11 is 0. The summed E-state index contributed by atoms with van der Waals surface area (Å²) in [5.74, 6) is -3.44. The monoisotopic (exact) mass is 361 g/mol. The molecule has 1 N–H and O–H groups in total. The van der Waals surface area contributed by atoms with E-state index in [1.807, 2.05) is 0 Å². The average Bonchev–Trinajstić information content (AvgIpc) is 2.48. The first kappa shape index (κ1) is 20.2. The zero-order valence-electron chi connectivity index (χ0n) is 14.1. The Balaban J connectivity index is 3.23. The van der Waals surface area contributed by atoms with Crippen LogP contribution in [0, 0.1) is 0 Å². The number of carbonyl (C=O) groups is 4. The van der Waals surface area contributed by atoms with E-state index in [1.54, 1.807) is 0 Å². The summed E-state index contributed by atoms with van der Waals surface area (Å²) in [6, 6.07) is 0.